The van der Waals surface area contributed by atoms with Crippen molar-refractivity contribution in [3.8, 4) is 17.2 Å². The summed E-state index contributed by atoms with van der Waals surface area (Å²) in [6.45, 7) is 10.00. The van der Waals surface area contributed by atoms with Gasteiger partial charge in [-0.2, -0.15) is 0 Å². The molecule has 0 radical (unpaired) electrons. The molecular formula is C30H36N2O7. The fraction of sp³-hybridized carbons (Fsp3) is 0.400. The van der Waals surface area contributed by atoms with Crippen molar-refractivity contribution in [2.75, 3.05) is 60.2 Å². The maximum absolute atomic E-state index is 13.4. The van der Waals surface area contributed by atoms with Crippen molar-refractivity contribution in [1.82, 2.24) is 9.80 Å². The monoisotopic (exact) mass is 536 g/mol. The summed E-state index contributed by atoms with van der Waals surface area (Å²) in [4.78, 5) is 30.6. The van der Waals surface area contributed by atoms with E-state index in [-0.39, 0.29) is 11.3 Å². The molecule has 0 saturated carbocycles. The number of amides is 1. The second-order valence-corrected chi connectivity index (χ2v) is 9.49. The zero-order valence-electron chi connectivity index (χ0n) is 22.8. The van der Waals surface area contributed by atoms with Crippen molar-refractivity contribution in [3.05, 3.63) is 71.3 Å². The Bertz CT molecular complexity index is 1250. The summed E-state index contributed by atoms with van der Waals surface area (Å²) in [6.07, 6.45) is 2.32. The molecule has 2 saturated heterocycles. The normalized spacial score (nSPS) is 19.3. The minimum atomic E-state index is -0.786. The summed E-state index contributed by atoms with van der Waals surface area (Å²) in [5.74, 6) is 0.0257. The Morgan fingerprint density at radius 3 is 2.49 bits per heavy atom. The number of aliphatic hydroxyl groups is 1. The van der Waals surface area contributed by atoms with Gasteiger partial charge >= 0.3 is 0 Å². The van der Waals surface area contributed by atoms with Gasteiger partial charge < -0.3 is 29.0 Å². The lowest BCUT2D eigenvalue weighted by Gasteiger charge is -2.29. The number of likely N-dealkylation sites (tertiary alicyclic amines) is 1. The number of benzene rings is 2. The third kappa shape index (κ3) is 6.10. The van der Waals surface area contributed by atoms with Crippen molar-refractivity contribution in [3.63, 3.8) is 0 Å². The molecular weight excluding hydrogens is 500 g/mol. The summed E-state index contributed by atoms with van der Waals surface area (Å²) in [7, 11) is 3.07. The molecule has 2 heterocycles. The number of carbonyl (C=O) groups excluding carboxylic acids is 2. The molecule has 1 amide bonds. The lowest BCUT2D eigenvalue weighted by Crippen LogP contribution is -2.39. The summed E-state index contributed by atoms with van der Waals surface area (Å²) in [5.41, 5.74) is 1.85. The van der Waals surface area contributed by atoms with Crippen LogP contribution in [0.2, 0.25) is 0 Å². The number of methoxy groups -OCH3 is 2. The molecule has 4 rings (SSSR count). The van der Waals surface area contributed by atoms with Gasteiger partial charge in [-0.25, -0.2) is 0 Å². The van der Waals surface area contributed by atoms with Crippen molar-refractivity contribution in [2.24, 2.45) is 0 Å². The molecule has 2 aliphatic heterocycles. The number of aliphatic hydroxyl groups excluding tert-OH is 1. The van der Waals surface area contributed by atoms with E-state index in [1.165, 1.54) is 7.11 Å². The van der Waals surface area contributed by atoms with Crippen LogP contribution in [0.5, 0.6) is 17.2 Å². The van der Waals surface area contributed by atoms with Gasteiger partial charge in [0.15, 0.2) is 11.5 Å². The molecule has 2 aromatic carbocycles. The van der Waals surface area contributed by atoms with Gasteiger partial charge in [0, 0.05) is 31.7 Å². The highest BCUT2D eigenvalue weighted by Gasteiger charge is 2.46. The fourth-order valence-corrected chi connectivity index (χ4v) is 5.06. The highest BCUT2D eigenvalue weighted by atomic mass is 16.5. The molecule has 1 N–H and O–H groups in total. The minimum absolute atomic E-state index is 0.0430. The van der Waals surface area contributed by atoms with Gasteiger partial charge in [-0.3, -0.25) is 14.5 Å². The third-order valence-electron chi connectivity index (χ3n) is 7.06. The van der Waals surface area contributed by atoms with E-state index in [0.29, 0.717) is 66.7 Å². The maximum atomic E-state index is 13.4. The molecule has 0 bridgehead atoms. The standard InChI is InChI=1S/C30H36N2O7/c1-5-15-39-22-8-9-23(20(2)18-22)28(33)26-27(21-7-10-24(36-3)25(19-21)37-4)32(30(35)29(26)34)12-6-11-31-13-16-38-17-14-31/h5,7-10,18-19,27,33H,1,6,11-17H2,2-4H3/t27-/m1/s1. The molecule has 208 valence electrons. The number of nitrogens with zero attached hydrogens (tertiary/aromatic N) is 2. The van der Waals surface area contributed by atoms with Gasteiger partial charge in [-0.1, -0.05) is 18.7 Å². The van der Waals surface area contributed by atoms with Crippen LogP contribution >= 0.6 is 0 Å². The first-order valence-corrected chi connectivity index (χ1v) is 13.0. The first kappa shape index (κ1) is 28.2. The second kappa shape index (κ2) is 12.8. The predicted octanol–water partition coefficient (Wildman–Crippen LogP) is 3.72. The summed E-state index contributed by atoms with van der Waals surface area (Å²) in [5, 5.41) is 11.5. The Hall–Kier alpha value is -3.82. The van der Waals surface area contributed by atoms with Crippen LogP contribution in [0, 0.1) is 6.92 Å². The van der Waals surface area contributed by atoms with E-state index in [2.05, 4.69) is 11.5 Å². The SMILES string of the molecule is C=CCOc1ccc(C(O)=C2C(=O)C(=O)N(CCCN3CCOCC3)[C@@H]2c2ccc(OC)c(OC)c2)c(C)c1. The average molecular weight is 537 g/mol. The van der Waals surface area contributed by atoms with Crippen LogP contribution in [0.3, 0.4) is 0 Å². The number of ketones is 1. The van der Waals surface area contributed by atoms with Crippen LogP contribution in [0.15, 0.2) is 54.6 Å². The van der Waals surface area contributed by atoms with Crippen LogP contribution in [-0.2, 0) is 14.3 Å². The zero-order valence-corrected chi connectivity index (χ0v) is 22.8. The van der Waals surface area contributed by atoms with E-state index in [0.717, 1.165) is 19.6 Å². The molecule has 9 nitrogen and oxygen atoms in total. The van der Waals surface area contributed by atoms with Gasteiger partial charge in [0.1, 0.15) is 18.1 Å². The van der Waals surface area contributed by atoms with Gasteiger partial charge in [-0.05, 0) is 54.8 Å². The second-order valence-electron chi connectivity index (χ2n) is 9.49. The largest absolute Gasteiger partial charge is 0.507 e. The van der Waals surface area contributed by atoms with Crippen molar-refractivity contribution in [1.29, 1.82) is 0 Å². The number of carbonyl (C=O) groups is 2. The molecule has 2 fully saturated rings. The van der Waals surface area contributed by atoms with E-state index >= 15 is 0 Å². The van der Waals surface area contributed by atoms with E-state index < -0.39 is 17.7 Å². The van der Waals surface area contributed by atoms with Gasteiger partial charge in [-0.15, -0.1) is 0 Å². The number of morpholine rings is 1. The van der Waals surface area contributed by atoms with Gasteiger partial charge in [0.05, 0.1) is 39.0 Å². The number of Topliss-reactive ketones (excluding diaryl/α,β-unsaturated/α-hetero) is 1. The first-order valence-electron chi connectivity index (χ1n) is 13.0. The van der Waals surface area contributed by atoms with Crippen molar-refractivity contribution >= 4 is 17.4 Å². The first-order chi connectivity index (χ1) is 18.9. The van der Waals surface area contributed by atoms with E-state index in [9.17, 15) is 14.7 Å². The van der Waals surface area contributed by atoms with E-state index in [1.54, 1.807) is 54.5 Å². The Morgan fingerprint density at radius 2 is 1.82 bits per heavy atom. The lowest BCUT2D eigenvalue weighted by molar-refractivity contribution is -0.140. The summed E-state index contributed by atoms with van der Waals surface area (Å²) < 4.78 is 21.9. The van der Waals surface area contributed by atoms with Crippen molar-refractivity contribution in [2.45, 2.75) is 19.4 Å². The number of aryl methyl sites for hydroxylation is 1. The molecule has 1 atom stereocenters. The number of hydrogen-bond donors (Lipinski definition) is 1. The average Bonchev–Trinajstić information content (AvgIpc) is 3.21. The molecule has 0 unspecified atom stereocenters. The van der Waals surface area contributed by atoms with E-state index in [1.807, 2.05) is 6.92 Å². The number of ether oxygens (including phenoxy) is 4. The third-order valence-corrected chi connectivity index (χ3v) is 7.06. The minimum Gasteiger partial charge on any atom is -0.507 e. The fourth-order valence-electron chi connectivity index (χ4n) is 5.06. The zero-order chi connectivity index (χ0) is 27.9. The Kier molecular flexibility index (Phi) is 9.27. The van der Waals surface area contributed by atoms with Crippen LogP contribution in [0.25, 0.3) is 5.76 Å². The van der Waals surface area contributed by atoms with Crippen LogP contribution in [-0.4, -0.2) is 86.8 Å². The highest BCUT2D eigenvalue weighted by molar-refractivity contribution is 6.46. The summed E-state index contributed by atoms with van der Waals surface area (Å²) >= 11 is 0. The number of rotatable bonds is 11. The molecule has 9 heteroatoms. The van der Waals surface area contributed by atoms with Crippen LogP contribution < -0.4 is 14.2 Å². The van der Waals surface area contributed by atoms with E-state index in [4.69, 9.17) is 18.9 Å². The Labute approximate surface area is 229 Å². The Morgan fingerprint density at radius 1 is 1.08 bits per heavy atom. The molecule has 0 aliphatic carbocycles. The van der Waals surface area contributed by atoms with Gasteiger partial charge in [0.2, 0.25) is 0 Å². The Balaban J connectivity index is 1.73. The topological polar surface area (TPSA) is 97.8 Å². The van der Waals surface area contributed by atoms with Gasteiger partial charge in [0.25, 0.3) is 11.7 Å². The molecule has 0 spiro atoms. The molecule has 2 aromatic rings. The van der Waals surface area contributed by atoms with Crippen molar-refractivity contribution < 1.29 is 33.6 Å². The molecule has 2 aliphatic rings. The highest BCUT2D eigenvalue weighted by Crippen LogP contribution is 2.42. The number of hydrogen-bond acceptors (Lipinski definition) is 8. The lowest BCUT2D eigenvalue weighted by atomic mass is 9.93. The predicted molar refractivity (Wildman–Crippen MR) is 147 cm³/mol. The smallest absolute Gasteiger partial charge is 0.295 e. The van der Waals surface area contributed by atoms with Crippen LogP contribution in [0.1, 0.15) is 29.2 Å². The molecule has 0 aromatic heterocycles. The summed E-state index contributed by atoms with van der Waals surface area (Å²) in [6, 6.07) is 9.68. The van der Waals surface area contributed by atoms with Crippen LogP contribution in [0.4, 0.5) is 0 Å². The maximum Gasteiger partial charge on any atom is 0.295 e. The quantitative estimate of drug-likeness (QED) is 0.201. The molecule has 39 heavy (non-hydrogen) atoms.